The van der Waals surface area contributed by atoms with Crippen LogP contribution in [0.1, 0.15) is 25.0 Å². The van der Waals surface area contributed by atoms with Crippen LogP contribution in [0.4, 0.5) is 0 Å². The fourth-order valence-electron chi connectivity index (χ4n) is 1.69. The van der Waals surface area contributed by atoms with E-state index in [4.69, 9.17) is 15.7 Å². The molecule has 0 bridgehead atoms. The first-order valence-electron chi connectivity index (χ1n) is 4.94. The molecule has 1 fully saturated rings. The molecule has 1 aliphatic carbocycles. The SMILES string of the molecule is N#Cc1cnc(OC2CCCC2N)cn1. The van der Waals surface area contributed by atoms with Crippen LogP contribution < -0.4 is 10.5 Å². The van der Waals surface area contributed by atoms with Crippen molar-refractivity contribution in [3.05, 3.63) is 18.1 Å². The summed E-state index contributed by atoms with van der Waals surface area (Å²) in [7, 11) is 0. The second-order valence-electron chi connectivity index (χ2n) is 3.60. The van der Waals surface area contributed by atoms with Crippen LogP contribution >= 0.6 is 0 Å². The quantitative estimate of drug-likeness (QED) is 0.762. The van der Waals surface area contributed by atoms with Crippen LogP contribution in [-0.4, -0.2) is 22.1 Å². The summed E-state index contributed by atoms with van der Waals surface area (Å²) < 4.78 is 5.58. The number of hydrogen-bond acceptors (Lipinski definition) is 5. The van der Waals surface area contributed by atoms with Crippen LogP contribution in [0.25, 0.3) is 0 Å². The van der Waals surface area contributed by atoms with E-state index in [2.05, 4.69) is 9.97 Å². The van der Waals surface area contributed by atoms with Gasteiger partial charge in [0.1, 0.15) is 12.2 Å². The van der Waals surface area contributed by atoms with E-state index in [0.717, 1.165) is 19.3 Å². The average molecular weight is 204 g/mol. The summed E-state index contributed by atoms with van der Waals surface area (Å²) in [6, 6.07) is 1.99. The van der Waals surface area contributed by atoms with Gasteiger partial charge in [-0.15, -0.1) is 0 Å². The van der Waals surface area contributed by atoms with E-state index in [1.165, 1.54) is 12.4 Å². The second kappa shape index (κ2) is 4.24. The first-order chi connectivity index (χ1) is 7.29. The topological polar surface area (TPSA) is 84.8 Å². The molecule has 1 heterocycles. The smallest absolute Gasteiger partial charge is 0.232 e. The summed E-state index contributed by atoms with van der Waals surface area (Å²) in [6.07, 6.45) is 5.94. The molecule has 0 amide bonds. The summed E-state index contributed by atoms with van der Waals surface area (Å²) in [5.41, 5.74) is 6.15. The Balaban J connectivity index is 2.02. The van der Waals surface area contributed by atoms with Gasteiger partial charge in [0.2, 0.25) is 5.88 Å². The van der Waals surface area contributed by atoms with E-state index < -0.39 is 0 Å². The number of nitrogens with two attached hydrogens (primary N) is 1. The molecule has 1 aliphatic rings. The van der Waals surface area contributed by atoms with Gasteiger partial charge < -0.3 is 10.5 Å². The van der Waals surface area contributed by atoms with Crippen molar-refractivity contribution in [1.82, 2.24) is 9.97 Å². The maximum Gasteiger partial charge on any atom is 0.232 e. The Bertz CT molecular complexity index is 370. The third-order valence-electron chi connectivity index (χ3n) is 2.52. The first-order valence-corrected chi connectivity index (χ1v) is 4.94. The molecule has 0 aromatic carbocycles. The van der Waals surface area contributed by atoms with Crippen molar-refractivity contribution >= 4 is 0 Å². The Kier molecular flexibility index (Phi) is 2.79. The van der Waals surface area contributed by atoms with Gasteiger partial charge in [-0.25, -0.2) is 9.97 Å². The van der Waals surface area contributed by atoms with E-state index in [9.17, 15) is 0 Å². The zero-order valence-corrected chi connectivity index (χ0v) is 8.26. The predicted molar refractivity (Wildman–Crippen MR) is 53.0 cm³/mol. The molecule has 0 saturated heterocycles. The minimum Gasteiger partial charge on any atom is -0.472 e. The third kappa shape index (κ3) is 2.22. The normalized spacial score (nSPS) is 24.8. The lowest BCUT2D eigenvalue weighted by molar-refractivity contribution is 0.183. The van der Waals surface area contributed by atoms with E-state index in [1.807, 2.05) is 6.07 Å². The van der Waals surface area contributed by atoms with Crippen molar-refractivity contribution in [3.63, 3.8) is 0 Å². The summed E-state index contributed by atoms with van der Waals surface area (Å²) >= 11 is 0. The van der Waals surface area contributed by atoms with Gasteiger partial charge in [0.05, 0.1) is 12.4 Å². The molecule has 0 aliphatic heterocycles. The monoisotopic (exact) mass is 204 g/mol. The number of nitriles is 1. The summed E-state index contributed by atoms with van der Waals surface area (Å²) in [4.78, 5) is 7.86. The van der Waals surface area contributed by atoms with Crippen LogP contribution in [0, 0.1) is 11.3 Å². The molecule has 5 heteroatoms. The van der Waals surface area contributed by atoms with Crippen molar-refractivity contribution in [2.75, 3.05) is 0 Å². The van der Waals surface area contributed by atoms with Crippen LogP contribution in [0.2, 0.25) is 0 Å². The molecule has 2 atom stereocenters. The van der Waals surface area contributed by atoms with Gasteiger partial charge in [-0.3, -0.25) is 0 Å². The minimum absolute atomic E-state index is 0.0345. The Labute approximate surface area is 87.9 Å². The van der Waals surface area contributed by atoms with Crippen LogP contribution in [0.15, 0.2) is 12.4 Å². The van der Waals surface area contributed by atoms with Crippen molar-refractivity contribution < 1.29 is 4.74 Å². The highest BCUT2D eigenvalue weighted by atomic mass is 16.5. The molecule has 2 N–H and O–H groups in total. The van der Waals surface area contributed by atoms with E-state index >= 15 is 0 Å². The van der Waals surface area contributed by atoms with Gasteiger partial charge in [-0.05, 0) is 19.3 Å². The van der Waals surface area contributed by atoms with Gasteiger partial charge in [0.15, 0.2) is 5.69 Å². The van der Waals surface area contributed by atoms with E-state index in [-0.39, 0.29) is 17.8 Å². The molecule has 2 unspecified atom stereocenters. The molecular weight excluding hydrogens is 192 g/mol. The molecule has 5 nitrogen and oxygen atoms in total. The number of nitrogens with zero attached hydrogens (tertiary/aromatic N) is 3. The van der Waals surface area contributed by atoms with Crippen molar-refractivity contribution in [2.24, 2.45) is 5.73 Å². The highest BCUT2D eigenvalue weighted by molar-refractivity contribution is 5.18. The van der Waals surface area contributed by atoms with E-state index in [0.29, 0.717) is 5.88 Å². The molecule has 78 valence electrons. The maximum absolute atomic E-state index is 8.54. The standard InChI is InChI=1S/C10H12N4O/c11-4-7-5-14-10(6-13-7)15-9-3-1-2-8(9)12/h5-6,8-9H,1-3,12H2. The molecule has 0 radical (unpaired) electrons. The Morgan fingerprint density at radius 2 is 2.27 bits per heavy atom. The predicted octanol–water partition coefficient (Wildman–Crippen LogP) is 0.607. The largest absolute Gasteiger partial charge is 0.472 e. The molecule has 0 spiro atoms. The third-order valence-corrected chi connectivity index (χ3v) is 2.52. The molecule has 1 aromatic heterocycles. The number of aromatic nitrogens is 2. The summed E-state index contributed by atoms with van der Waals surface area (Å²) in [5.74, 6) is 0.441. The molecular formula is C10H12N4O. The van der Waals surface area contributed by atoms with Gasteiger partial charge in [0.25, 0.3) is 0 Å². The molecule has 15 heavy (non-hydrogen) atoms. The maximum atomic E-state index is 8.54. The lowest BCUT2D eigenvalue weighted by Gasteiger charge is -2.16. The number of ether oxygens (including phenoxy) is 1. The summed E-state index contributed by atoms with van der Waals surface area (Å²) in [6.45, 7) is 0. The highest BCUT2D eigenvalue weighted by Crippen LogP contribution is 2.21. The molecule has 2 rings (SSSR count). The van der Waals surface area contributed by atoms with Crippen LogP contribution in [0.3, 0.4) is 0 Å². The Hall–Kier alpha value is -1.67. The lowest BCUT2D eigenvalue weighted by atomic mass is 10.2. The molecule has 1 aromatic rings. The zero-order chi connectivity index (χ0) is 10.7. The van der Waals surface area contributed by atoms with E-state index in [1.54, 1.807) is 0 Å². The summed E-state index contributed by atoms with van der Waals surface area (Å²) in [5, 5.41) is 8.54. The fraction of sp³-hybridized carbons (Fsp3) is 0.500. The fourth-order valence-corrected chi connectivity index (χ4v) is 1.69. The highest BCUT2D eigenvalue weighted by Gasteiger charge is 2.25. The van der Waals surface area contributed by atoms with Gasteiger partial charge in [0, 0.05) is 6.04 Å². The minimum atomic E-state index is 0.0345. The van der Waals surface area contributed by atoms with Crippen molar-refractivity contribution in [2.45, 2.75) is 31.4 Å². The lowest BCUT2D eigenvalue weighted by Crippen LogP contribution is -2.33. The number of hydrogen-bond donors (Lipinski definition) is 1. The second-order valence-corrected chi connectivity index (χ2v) is 3.60. The zero-order valence-electron chi connectivity index (χ0n) is 8.26. The van der Waals surface area contributed by atoms with Gasteiger partial charge in [-0.2, -0.15) is 5.26 Å². The van der Waals surface area contributed by atoms with Crippen molar-refractivity contribution in [1.29, 1.82) is 5.26 Å². The van der Waals surface area contributed by atoms with Crippen molar-refractivity contribution in [3.8, 4) is 11.9 Å². The van der Waals surface area contributed by atoms with Gasteiger partial charge in [-0.1, -0.05) is 0 Å². The van der Waals surface area contributed by atoms with Crippen LogP contribution in [0.5, 0.6) is 5.88 Å². The number of rotatable bonds is 2. The Morgan fingerprint density at radius 1 is 1.40 bits per heavy atom. The van der Waals surface area contributed by atoms with Crippen LogP contribution in [-0.2, 0) is 0 Å². The first kappa shape index (κ1) is 9.87. The molecule has 1 saturated carbocycles. The average Bonchev–Trinajstić information content (AvgIpc) is 2.66. The van der Waals surface area contributed by atoms with Gasteiger partial charge >= 0.3 is 0 Å². The Morgan fingerprint density at radius 3 is 2.80 bits per heavy atom.